The van der Waals surface area contributed by atoms with Crippen LogP contribution in [0.1, 0.15) is 12.5 Å². The first-order valence-electron chi connectivity index (χ1n) is 4.82. The number of ether oxygens (including phenoxy) is 1. The van der Waals surface area contributed by atoms with Gasteiger partial charge in [0.15, 0.2) is 0 Å². The second-order valence-corrected chi connectivity index (χ2v) is 3.01. The van der Waals surface area contributed by atoms with Gasteiger partial charge in [-0.15, -0.1) is 0 Å². The van der Waals surface area contributed by atoms with E-state index in [1.807, 2.05) is 6.92 Å². The number of carbonyl (C=O) groups is 1. The lowest BCUT2D eigenvalue weighted by Gasteiger charge is -2.05. The van der Waals surface area contributed by atoms with Crippen molar-refractivity contribution in [3.63, 3.8) is 0 Å². The zero-order valence-electron chi connectivity index (χ0n) is 8.63. The fourth-order valence-corrected chi connectivity index (χ4v) is 1.08. The first-order valence-corrected chi connectivity index (χ1v) is 4.82. The topological polar surface area (TPSA) is 38.3 Å². The average Bonchev–Trinajstić information content (AvgIpc) is 2.25. The Hall–Kier alpha value is -1.42. The highest BCUT2D eigenvalue weighted by Crippen LogP contribution is 2.05. The van der Waals surface area contributed by atoms with E-state index < -0.39 is 0 Å². The monoisotopic (exact) mass is 211 g/mol. The lowest BCUT2D eigenvalue weighted by molar-refractivity contribution is -0.125. The Morgan fingerprint density at radius 3 is 2.87 bits per heavy atom. The molecule has 1 amide bonds. The third kappa shape index (κ3) is 4.08. The van der Waals surface area contributed by atoms with Crippen molar-refractivity contribution in [2.24, 2.45) is 0 Å². The summed E-state index contributed by atoms with van der Waals surface area (Å²) in [6.07, 6.45) is 0. The van der Waals surface area contributed by atoms with Crippen LogP contribution in [0.2, 0.25) is 0 Å². The molecule has 15 heavy (non-hydrogen) atoms. The highest BCUT2D eigenvalue weighted by molar-refractivity contribution is 5.77. The highest BCUT2D eigenvalue weighted by atomic mass is 19.1. The second-order valence-electron chi connectivity index (χ2n) is 3.01. The molecule has 1 rings (SSSR count). The molecule has 0 saturated heterocycles. The molecule has 82 valence electrons. The van der Waals surface area contributed by atoms with Crippen molar-refractivity contribution >= 4 is 5.91 Å². The van der Waals surface area contributed by atoms with E-state index in [0.717, 1.165) is 0 Å². The number of carbonyl (C=O) groups excluding carboxylic acids is 1. The molecule has 0 bridgehead atoms. The van der Waals surface area contributed by atoms with Gasteiger partial charge in [0.25, 0.3) is 0 Å². The van der Waals surface area contributed by atoms with Crippen LogP contribution < -0.4 is 5.32 Å². The lowest BCUT2D eigenvalue weighted by Crippen LogP contribution is -2.27. The van der Waals surface area contributed by atoms with E-state index in [1.165, 1.54) is 6.07 Å². The number of nitrogens with one attached hydrogen (secondary N) is 1. The summed E-state index contributed by atoms with van der Waals surface area (Å²) in [6, 6.07) is 6.34. The van der Waals surface area contributed by atoms with E-state index in [4.69, 9.17) is 4.74 Å². The Bertz CT molecular complexity index is 328. The first-order chi connectivity index (χ1) is 7.24. The van der Waals surface area contributed by atoms with Crippen LogP contribution in [0.4, 0.5) is 4.39 Å². The molecular weight excluding hydrogens is 197 g/mol. The van der Waals surface area contributed by atoms with Crippen LogP contribution in [0.15, 0.2) is 24.3 Å². The Labute approximate surface area is 88.2 Å². The number of amides is 1. The van der Waals surface area contributed by atoms with Gasteiger partial charge in [-0.05, 0) is 13.0 Å². The minimum Gasteiger partial charge on any atom is -0.372 e. The summed E-state index contributed by atoms with van der Waals surface area (Å²) < 4.78 is 18.0. The second kappa shape index (κ2) is 6.14. The molecule has 0 aliphatic heterocycles. The number of halogens is 1. The number of hydrogen-bond acceptors (Lipinski definition) is 2. The van der Waals surface area contributed by atoms with E-state index >= 15 is 0 Å². The first kappa shape index (κ1) is 11.7. The van der Waals surface area contributed by atoms with Crippen LogP contribution in [-0.4, -0.2) is 19.1 Å². The van der Waals surface area contributed by atoms with Crippen LogP contribution in [0.3, 0.4) is 0 Å². The minimum atomic E-state index is -0.311. The zero-order chi connectivity index (χ0) is 11.1. The quantitative estimate of drug-likeness (QED) is 0.801. The molecule has 0 spiro atoms. The summed E-state index contributed by atoms with van der Waals surface area (Å²) in [6.45, 7) is 2.51. The largest absolute Gasteiger partial charge is 0.372 e. The molecule has 1 N–H and O–H groups in total. The molecule has 0 heterocycles. The Morgan fingerprint density at radius 2 is 2.20 bits per heavy atom. The van der Waals surface area contributed by atoms with E-state index in [9.17, 15) is 9.18 Å². The van der Waals surface area contributed by atoms with Crippen molar-refractivity contribution in [2.75, 3.05) is 13.2 Å². The number of rotatable bonds is 5. The summed E-state index contributed by atoms with van der Waals surface area (Å²) in [5, 5.41) is 2.57. The van der Waals surface area contributed by atoms with Crippen LogP contribution in [0.5, 0.6) is 0 Å². The van der Waals surface area contributed by atoms with Gasteiger partial charge in [-0.1, -0.05) is 18.2 Å². The van der Waals surface area contributed by atoms with Crippen LogP contribution in [-0.2, 0) is 16.1 Å². The van der Waals surface area contributed by atoms with Crippen molar-refractivity contribution < 1.29 is 13.9 Å². The van der Waals surface area contributed by atoms with Crippen molar-refractivity contribution in [1.82, 2.24) is 5.32 Å². The molecule has 1 aromatic carbocycles. The SMILES string of the molecule is CCOCC(=O)NCc1ccccc1F. The number of benzene rings is 1. The smallest absolute Gasteiger partial charge is 0.246 e. The minimum absolute atomic E-state index is 0.0188. The van der Waals surface area contributed by atoms with Gasteiger partial charge in [0.05, 0.1) is 0 Å². The zero-order valence-corrected chi connectivity index (χ0v) is 8.63. The average molecular weight is 211 g/mol. The molecule has 0 atom stereocenters. The molecule has 0 aliphatic rings. The van der Waals surface area contributed by atoms with Crippen molar-refractivity contribution in [1.29, 1.82) is 0 Å². The molecule has 3 nitrogen and oxygen atoms in total. The van der Waals surface area contributed by atoms with Crippen molar-refractivity contribution in [3.05, 3.63) is 35.6 Å². The molecule has 4 heteroatoms. The van der Waals surface area contributed by atoms with Gasteiger partial charge in [0.1, 0.15) is 12.4 Å². The highest BCUT2D eigenvalue weighted by Gasteiger charge is 2.03. The van der Waals surface area contributed by atoms with E-state index in [-0.39, 0.29) is 24.9 Å². The van der Waals surface area contributed by atoms with Crippen molar-refractivity contribution in [2.45, 2.75) is 13.5 Å². The van der Waals surface area contributed by atoms with Gasteiger partial charge in [-0.3, -0.25) is 4.79 Å². The van der Waals surface area contributed by atoms with Gasteiger partial charge in [-0.25, -0.2) is 4.39 Å². The van der Waals surface area contributed by atoms with Crippen LogP contribution in [0, 0.1) is 5.82 Å². The van der Waals surface area contributed by atoms with Gasteiger partial charge in [0, 0.05) is 18.7 Å². The Morgan fingerprint density at radius 1 is 1.47 bits per heavy atom. The summed E-state index contributed by atoms with van der Waals surface area (Å²) in [5.74, 6) is -0.547. The maximum atomic E-state index is 13.1. The van der Waals surface area contributed by atoms with Gasteiger partial charge in [-0.2, -0.15) is 0 Å². The Balaban J connectivity index is 2.37. The summed E-state index contributed by atoms with van der Waals surface area (Å²) in [5.41, 5.74) is 0.474. The maximum absolute atomic E-state index is 13.1. The fourth-order valence-electron chi connectivity index (χ4n) is 1.08. The molecule has 0 radical (unpaired) electrons. The predicted octanol–water partition coefficient (Wildman–Crippen LogP) is 1.48. The van der Waals surface area contributed by atoms with Crippen LogP contribution >= 0.6 is 0 Å². The normalized spacial score (nSPS) is 10.0. The summed E-state index contributed by atoms with van der Waals surface area (Å²) in [4.78, 5) is 11.1. The van der Waals surface area contributed by atoms with Crippen LogP contribution in [0.25, 0.3) is 0 Å². The Kier molecular flexibility index (Phi) is 4.77. The molecular formula is C11H14FNO2. The summed E-state index contributed by atoms with van der Waals surface area (Å²) >= 11 is 0. The molecule has 0 saturated carbocycles. The standard InChI is InChI=1S/C11H14FNO2/c1-2-15-8-11(14)13-7-9-5-3-4-6-10(9)12/h3-6H,2,7-8H2,1H3,(H,13,14). The van der Waals surface area contributed by atoms with E-state index in [0.29, 0.717) is 12.2 Å². The van der Waals surface area contributed by atoms with Gasteiger partial charge >= 0.3 is 0 Å². The predicted molar refractivity (Wildman–Crippen MR) is 54.7 cm³/mol. The third-order valence-electron chi connectivity index (χ3n) is 1.87. The lowest BCUT2D eigenvalue weighted by atomic mass is 10.2. The van der Waals surface area contributed by atoms with Gasteiger partial charge < -0.3 is 10.1 Å². The van der Waals surface area contributed by atoms with Gasteiger partial charge in [0.2, 0.25) is 5.91 Å². The third-order valence-corrected chi connectivity index (χ3v) is 1.87. The maximum Gasteiger partial charge on any atom is 0.246 e. The van der Waals surface area contributed by atoms with Crippen molar-refractivity contribution in [3.8, 4) is 0 Å². The molecule has 0 aromatic heterocycles. The molecule has 0 unspecified atom stereocenters. The fraction of sp³-hybridized carbons (Fsp3) is 0.364. The van der Waals surface area contributed by atoms with E-state index in [1.54, 1.807) is 18.2 Å². The molecule has 0 aliphatic carbocycles. The molecule has 0 fully saturated rings. The number of hydrogen-bond donors (Lipinski definition) is 1. The summed E-state index contributed by atoms with van der Waals surface area (Å²) in [7, 11) is 0. The van der Waals surface area contributed by atoms with E-state index in [2.05, 4.69) is 5.32 Å². The molecule has 1 aromatic rings.